The second-order valence-corrected chi connectivity index (χ2v) is 5.86. The summed E-state index contributed by atoms with van der Waals surface area (Å²) in [7, 11) is 1.28. The second-order valence-electron chi connectivity index (χ2n) is 4.88. The second kappa shape index (κ2) is 6.14. The molecule has 0 atom stereocenters. The third-order valence-electron chi connectivity index (χ3n) is 3.50. The van der Waals surface area contributed by atoms with Crippen molar-refractivity contribution in [3.05, 3.63) is 69.0 Å². The van der Waals surface area contributed by atoms with Gasteiger partial charge in [-0.2, -0.15) is 0 Å². The number of aromatic hydroxyl groups is 1. The molecule has 0 saturated heterocycles. The molecule has 0 amide bonds. The molecule has 2 aromatic heterocycles. The van der Waals surface area contributed by atoms with Crippen LogP contribution in [0.2, 0.25) is 0 Å². The van der Waals surface area contributed by atoms with E-state index in [1.54, 1.807) is 15.9 Å². The molecule has 2 heterocycles. The Morgan fingerprint density at radius 1 is 1.26 bits per heavy atom. The summed E-state index contributed by atoms with van der Waals surface area (Å²) >= 11 is 1.54. The molecule has 0 aliphatic rings. The maximum atomic E-state index is 12.0. The average Bonchev–Trinajstić information content (AvgIpc) is 3.15. The fourth-order valence-electron chi connectivity index (χ4n) is 2.46. The summed E-state index contributed by atoms with van der Waals surface area (Å²) in [6.45, 7) is 3.96. The van der Waals surface area contributed by atoms with Crippen LogP contribution >= 0.6 is 11.3 Å². The molecule has 0 aliphatic heterocycles. The van der Waals surface area contributed by atoms with Gasteiger partial charge in [0.25, 0.3) is 0 Å². The molecule has 0 saturated carbocycles. The highest BCUT2D eigenvalue weighted by molar-refractivity contribution is 7.10. The zero-order valence-electron chi connectivity index (χ0n) is 12.5. The van der Waals surface area contributed by atoms with Crippen molar-refractivity contribution >= 4 is 30.0 Å². The van der Waals surface area contributed by atoms with E-state index < -0.39 is 5.97 Å². The molecule has 3 rings (SSSR count). The number of para-hydroxylation sites is 1. The van der Waals surface area contributed by atoms with Gasteiger partial charge in [-0.05, 0) is 29.7 Å². The van der Waals surface area contributed by atoms with Gasteiger partial charge in [0, 0.05) is 10.6 Å². The first-order valence-corrected chi connectivity index (χ1v) is 7.83. The molecule has 23 heavy (non-hydrogen) atoms. The molecule has 0 unspecified atom stereocenters. The van der Waals surface area contributed by atoms with Gasteiger partial charge in [-0.15, -0.1) is 11.3 Å². The van der Waals surface area contributed by atoms with Gasteiger partial charge in [-0.3, -0.25) is 0 Å². The molecule has 116 valence electrons. The highest BCUT2D eigenvalue weighted by atomic mass is 32.1. The van der Waals surface area contributed by atoms with Gasteiger partial charge in [-0.25, -0.2) is 4.79 Å². The predicted molar refractivity (Wildman–Crippen MR) is 91.4 cm³/mol. The van der Waals surface area contributed by atoms with Crippen LogP contribution in [0.1, 0.15) is 15.2 Å². The highest BCUT2D eigenvalue weighted by Gasteiger charge is 2.20. The molecule has 3 aromatic rings. The molecule has 4 nitrogen and oxygen atoms in total. The Bertz CT molecular complexity index is 941. The summed E-state index contributed by atoms with van der Waals surface area (Å²) in [5.74, 6) is -0.734. The lowest BCUT2D eigenvalue weighted by Crippen LogP contribution is -2.26. The number of rotatable bonds is 3. The smallest absolute Gasteiger partial charge is 0.343 e. The maximum Gasteiger partial charge on any atom is 0.343 e. The lowest BCUT2D eigenvalue weighted by atomic mass is 10.2. The highest BCUT2D eigenvalue weighted by Crippen LogP contribution is 2.15. The molecule has 0 fully saturated rings. The Morgan fingerprint density at radius 3 is 2.61 bits per heavy atom. The van der Waals surface area contributed by atoms with E-state index in [2.05, 4.69) is 6.58 Å². The van der Waals surface area contributed by atoms with Crippen LogP contribution in [0.5, 0.6) is 5.75 Å². The van der Waals surface area contributed by atoms with E-state index in [0.717, 1.165) is 10.6 Å². The summed E-state index contributed by atoms with van der Waals surface area (Å²) in [5.41, 5.74) is 0.893. The van der Waals surface area contributed by atoms with Gasteiger partial charge in [0.2, 0.25) is 0 Å². The molecular formula is C18H15NO3S. The predicted octanol–water partition coefficient (Wildman–Crippen LogP) is 2.27. The molecule has 0 bridgehead atoms. The Labute approximate surface area is 137 Å². The van der Waals surface area contributed by atoms with Crippen molar-refractivity contribution in [1.29, 1.82) is 0 Å². The van der Waals surface area contributed by atoms with E-state index in [-0.39, 0.29) is 11.3 Å². The minimum absolute atomic E-state index is 0.0826. The molecule has 0 aliphatic carbocycles. The number of thiophene rings is 1. The number of aromatic nitrogens is 1. The van der Waals surface area contributed by atoms with Crippen molar-refractivity contribution in [3.63, 3.8) is 0 Å². The van der Waals surface area contributed by atoms with Crippen LogP contribution in [0.25, 0.3) is 18.3 Å². The van der Waals surface area contributed by atoms with E-state index >= 15 is 0 Å². The van der Waals surface area contributed by atoms with E-state index in [9.17, 15) is 9.90 Å². The summed E-state index contributed by atoms with van der Waals surface area (Å²) in [6, 6.07) is 13.3. The summed E-state index contributed by atoms with van der Waals surface area (Å²) < 4.78 is 6.53. The number of methoxy groups -OCH3 is 1. The number of carbonyl (C=O) groups is 1. The van der Waals surface area contributed by atoms with Gasteiger partial charge < -0.3 is 14.4 Å². The molecule has 0 spiro atoms. The minimum Gasteiger partial charge on any atom is -0.505 e. The van der Waals surface area contributed by atoms with E-state index in [1.165, 1.54) is 7.11 Å². The first-order chi connectivity index (χ1) is 11.1. The van der Waals surface area contributed by atoms with Crippen LogP contribution in [0.3, 0.4) is 0 Å². The lowest BCUT2D eigenvalue weighted by molar-refractivity contribution is 0.0596. The van der Waals surface area contributed by atoms with E-state index in [0.29, 0.717) is 10.7 Å². The van der Waals surface area contributed by atoms with Crippen molar-refractivity contribution in [2.75, 3.05) is 7.11 Å². The van der Waals surface area contributed by atoms with Crippen LogP contribution in [-0.4, -0.2) is 22.8 Å². The zero-order valence-corrected chi connectivity index (χ0v) is 13.3. The van der Waals surface area contributed by atoms with Crippen molar-refractivity contribution in [3.8, 4) is 11.4 Å². The number of hydrogen-bond donors (Lipinski definition) is 1. The third-order valence-corrected chi connectivity index (χ3v) is 4.32. The summed E-state index contributed by atoms with van der Waals surface area (Å²) in [6.07, 6.45) is 1.83. The van der Waals surface area contributed by atoms with Crippen molar-refractivity contribution in [2.24, 2.45) is 0 Å². The monoisotopic (exact) mass is 325 g/mol. The van der Waals surface area contributed by atoms with Gasteiger partial charge in [0.1, 0.15) is 5.56 Å². The lowest BCUT2D eigenvalue weighted by Gasteiger charge is -2.04. The fourth-order valence-corrected chi connectivity index (χ4v) is 3.11. The number of carbonyl (C=O) groups excluding carboxylic acids is 1. The fraction of sp³-hybridized carbons (Fsp3) is 0.0556. The Kier molecular flexibility index (Phi) is 4.04. The largest absolute Gasteiger partial charge is 0.505 e. The number of nitrogens with zero attached hydrogens (tertiary/aromatic N) is 1. The minimum atomic E-state index is -0.608. The quantitative estimate of drug-likeness (QED) is 0.752. The number of hydrogen-bond acceptors (Lipinski definition) is 4. The number of ether oxygens (including phenoxy) is 1. The first kappa shape index (κ1) is 15.1. The topological polar surface area (TPSA) is 51.5 Å². The summed E-state index contributed by atoms with van der Waals surface area (Å²) in [4.78, 5) is 13.0. The van der Waals surface area contributed by atoms with Crippen LogP contribution in [0.15, 0.2) is 47.8 Å². The molecule has 0 radical (unpaired) electrons. The number of benzene rings is 1. The Hall–Kier alpha value is -2.79. The Balaban J connectivity index is 2.38. The van der Waals surface area contributed by atoms with E-state index in [4.69, 9.17) is 4.74 Å². The van der Waals surface area contributed by atoms with Crippen LogP contribution in [-0.2, 0) is 4.74 Å². The first-order valence-electron chi connectivity index (χ1n) is 6.95. The zero-order chi connectivity index (χ0) is 16.4. The van der Waals surface area contributed by atoms with Crippen LogP contribution < -0.4 is 10.7 Å². The molecule has 1 aromatic carbocycles. The van der Waals surface area contributed by atoms with Crippen molar-refractivity contribution < 1.29 is 14.6 Å². The van der Waals surface area contributed by atoms with Gasteiger partial charge >= 0.3 is 5.97 Å². The standard InChI is InChI=1S/C18H15NO3S/c1-12-16(18(21)22-2)17(20)15(11-14-9-6-10-23-14)19(12)13-7-4-3-5-8-13/h3-11,20H,1H2,2H3. The van der Waals surface area contributed by atoms with Gasteiger partial charge in [-0.1, -0.05) is 30.8 Å². The maximum absolute atomic E-state index is 12.0. The van der Waals surface area contributed by atoms with Crippen molar-refractivity contribution in [1.82, 2.24) is 4.57 Å². The van der Waals surface area contributed by atoms with E-state index in [1.807, 2.05) is 53.9 Å². The SMILES string of the molecule is C=c1c(C(=O)OC)c(O)c(=Cc2cccs2)n1-c1ccccc1. The van der Waals surface area contributed by atoms with Gasteiger partial charge in [0.15, 0.2) is 5.75 Å². The van der Waals surface area contributed by atoms with Crippen LogP contribution in [0.4, 0.5) is 0 Å². The Morgan fingerprint density at radius 2 is 2.00 bits per heavy atom. The van der Waals surface area contributed by atoms with Crippen LogP contribution in [0, 0.1) is 0 Å². The summed E-state index contributed by atoms with van der Waals surface area (Å²) in [5, 5.41) is 13.4. The molecule has 5 heteroatoms. The third kappa shape index (κ3) is 2.66. The normalized spacial score (nSPS) is 11.6. The molecule has 1 N–H and O–H groups in total. The average molecular weight is 325 g/mol. The van der Waals surface area contributed by atoms with Gasteiger partial charge in [0.05, 0.1) is 17.8 Å². The number of esters is 1. The van der Waals surface area contributed by atoms with Crippen molar-refractivity contribution in [2.45, 2.75) is 0 Å². The molecular weight excluding hydrogens is 310 g/mol.